The highest BCUT2D eigenvalue weighted by Gasteiger charge is 2.44. The summed E-state index contributed by atoms with van der Waals surface area (Å²) in [7, 11) is 0. The second-order valence-electron chi connectivity index (χ2n) is 8.56. The largest absolute Gasteiger partial charge is 0.465 e. The highest BCUT2D eigenvalue weighted by molar-refractivity contribution is 8.00. The van der Waals surface area contributed by atoms with Crippen molar-refractivity contribution < 1.29 is 19.5 Å². The zero-order valence-electron chi connectivity index (χ0n) is 18.0. The minimum absolute atomic E-state index is 0.0155. The summed E-state index contributed by atoms with van der Waals surface area (Å²) in [6.45, 7) is 5.62. The van der Waals surface area contributed by atoms with E-state index in [1.54, 1.807) is 25.7 Å². The van der Waals surface area contributed by atoms with Crippen LogP contribution in [-0.4, -0.2) is 56.2 Å². The molecule has 3 rings (SSSR count). The minimum atomic E-state index is -1.15. The maximum absolute atomic E-state index is 13.7. The number of carbonyl (C=O) groups is 3. The molecule has 0 aromatic heterocycles. The molecule has 2 aromatic rings. The maximum atomic E-state index is 13.7. The Balaban J connectivity index is 1.94. The smallest absolute Gasteiger partial charge is 0.408 e. The zero-order valence-corrected chi connectivity index (χ0v) is 18.8. The normalized spacial score (nSPS) is 17.5. The number of carbonyl (C=O) groups excluding carboxylic acids is 2. The third kappa shape index (κ3) is 5.47. The van der Waals surface area contributed by atoms with Crippen LogP contribution in [0.5, 0.6) is 0 Å². The Labute approximate surface area is 187 Å². The van der Waals surface area contributed by atoms with E-state index in [0.717, 1.165) is 10.5 Å². The van der Waals surface area contributed by atoms with Gasteiger partial charge in [0.2, 0.25) is 5.91 Å². The van der Waals surface area contributed by atoms with Gasteiger partial charge in [0.05, 0.1) is 0 Å². The molecular formula is C24H28N2O4S. The summed E-state index contributed by atoms with van der Waals surface area (Å²) in [6.07, 6.45) is -0.632. The SMILES string of the molecule is CC(C)(C)N(C(=O)O)[C@@H](Cc1ccccc1)C(=O)N1CCC(=O)[C@H]1Sc1ccccc1. The summed E-state index contributed by atoms with van der Waals surface area (Å²) >= 11 is 1.34. The quantitative estimate of drug-likeness (QED) is 0.725. The van der Waals surface area contributed by atoms with E-state index in [4.69, 9.17) is 0 Å². The highest BCUT2D eigenvalue weighted by atomic mass is 32.2. The van der Waals surface area contributed by atoms with Gasteiger partial charge in [0.15, 0.2) is 5.78 Å². The molecule has 2 aromatic carbocycles. The molecule has 2 atom stereocenters. The van der Waals surface area contributed by atoms with Crippen LogP contribution in [0.15, 0.2) is 65.6 Å². The maximum Gasteiger partial charge on any atom is 0.408 e. The van der Waals surface area contributed by atoms with Crippen molar-refractivity contribution in [2.45, 2.75) is 55.5 Å². The fraction of sp³-hybridized carbons (Fsp3) is 0.375. The van der Waals surface area contributed by atoms with Crippen LogP contribution in [0, 0.1) is 0 Å². The predicted octanol–water partition coefficient (Wildman–Crippen LogP) is 4.30. The number of thioether (sulfide) groups is 1. The van der Waals surface area contributed by atoms with Crippen LogP contribution in [0.4, 0.5) is 4.79 Å². The number of benzene rings is 2. The molecule has 164 valence electrons. The van der Waals surface area contributed by atoms with E-state index in [1.165, 1.54) is 16.7 Å². The van der Waals surface area contributed by atoms with Gasteiger partial charge in [-0.15, -0.1) is 0 Å². The summed E-state index contributed by atoms with van der Waals surface area (Å²) in [5.41, 5.74) is 0.0846. The third-order valence-electron chi connectivity index (χ3n) is 5.23. The molecule has 1 saturated heterocycles. The molecule has 1 fully saturated rings. The number of hydrogen-bond donors (Lipinski definition) is 1. The topological polar surface area (TPSA) is 77.9 Å². The van der Waals surface area contributed by atoms with Crippen LogP contribution in [0.2, 0.25) is 0 Å². The molecular weight excluding hydrogens is 412 g/mol. The van der Waals surface area contributed by atoms with Crippen molar-refractivity contribution in [1.82, 2.24) is 9.80 Å². The minimum Gasteiger partial charge on any atom is -0.465 e. The molecule has 1 heterocycles. The molecule has 0 saturated carbocycles. The fourth-order valence-corrected chi connectivity index (χ4v) is 4.99. The number of amides is 2. The van der Waals surface area contributed by atoms with Crippen molar-refractivity contribution in [2.75, 3.05) is 6.54 Å². The fourth-order valence-electron chi connectivity index (χ4n) is 3.83. The van der Waals surface area contributed by atoms with Crippen LogP contribution in [0.1, 0.15) is 32.8 Å². The van der Waals surface area contributed by atoms with E-state index in [2.05, 4.69) is 0 Å². The molecule has 1 N–H and O–H groups in total. The van der Waals surface area contributed by atoms with Crippen molar-refractivity contribution in [3.05, 3.63) is 66.2 Å². The molecule has 0 bridgehead atoms. The van der Waals surface area contributed by atoms with Gasteiger partial charge >= 0.3 is 6.09 Å². The van der Waals surface area contributed by atoms with Crippen LogP contribution in [0.25, 0.3) is 0 Å². The van der Waals surface area contributed by atoms with Gasteiger partial charge in [-0.25, -0.2) is 4.79 Å². The van der Waals surface area contributed by atoms with Crippen LogP contribution < -0.4 is 0 Å². The average molecular weight is 441 g/mol. The van der Waals surface area contributed by atoms with E-state index in [-0.39, 0.29) is 24.5 Å². The van der Waals surface area contributed by atoms with Gasteiger partial charge in [-0.05, 0) is 38.5 Å². The molecule has 1 aliphatic rings. The molecule has 1 aliphatic heterocycles. The Morgan fingerprint density at radius 3 is 2.23 bits per heavy atom. The first-order valence-electron chi connectivity index (χ1n) is 10.3. The molecule has 7 heteroatoms. The van der Waals surface area contributed by atoms with E-state index in [9.17, 15) is 19.5 Å². The Morgan fingerprint density at radius 2 is 1.68 bits per heavy atom. The Bertz CT molecular complexity index is 928. The predicted molar refractivity (Wildman–Crippen MR) is 121 cm³/mol. The van der Waals surface area contributed by atoms with E-state index >= 15 is 0 Å². The monoisotopic (exact) mass is 440 g/mol. The summed E-state index contributed by atoms with van der Waals surface area (Å²) in [5, 5.41) is 9.34. The molecule has 0 aliphatic carbocycles. The zero-order chi connectivity index (χ0) is 22.6. The Morgan fingerprint density at radius 1 is 1.10 bits per heavy atom. The number of hydrogen-bond acceptors (Lipinski definition) is 4. The molecule has 0 spiro atoms. The van der Waals surface area contributed by atoms with Crippen molar-refractivity contribution in [3.8, 4) is 0 Å². The first-order valence-corrected chi connectivity index (χ1v) is 11.2. The molecule has 2 amide bonds. The number of ketones is 1. The van der Waals surface area contributed by atoms with Crippen LogP contribution in [-0.2, 0) is 16.0 Å². The lowest BCUT2D eigenvalue weighted by Crippen LogP contribution is -2.58. The number of carboxylic acid groups (broad SMARTS) is 1. The number of Topliss-reactive ketones (excluding diaryl/α,β-unsaturated/α-hetero) is 1. The molecule has 0 radical (unpaired) electrons. The van der Waals surface area contributed by atoms with Crippen molar-refractivity contribution in [1.29, 1.82) is 0 Å². The van der Waals surface area contributed by atoms with E-state index in [0.29, 0.717) is 6.54 Å². The lowest BCUT2D eigenvalue weighted by atomic mass is 9.97. The van der Waals surface area contributed by atoms with Gasteiger partial charge in [0, 0.05) is 29.8 Å². The Hall–Kier alpha value is -2.80. The molecule has 31 heavy (non-hydrogen) atoms. The molecule has 0 unspecified atom stereocenters. The Kier molecular flexibility index (Phi) is 7.05. The summed E-state index contributed by atoms with van der Waals surface area (Å²) < 4.78 is 0. The van der Waals surface area contributed by atoms with Crippen molar-refractivity contribution in [2.24, 2.45) is 0 Å². The number of likely N-dealkylation sites (tertiary alicyclic amines) is 1. The van der Waals surface area contributed by atoms with E-state index < -0.39 is 23.0 Å². The van der Waals surface area contributed by atoms with Gasteiger partial charge in [-0.1, -0.05) is 60.3 Å². The van der Waals surface area contributed by atoms with Crippen molar-refractivity contribution >= 4 is 29.5 Å². The van der Waals surface area contributed by atoms with Crippen LogP contribution in [0.3, 0.4) is 0 Å². The third-order valence-corrected chi connectivity index (χ3v) is 6.51. The lowest BCUT2D eigenvalue weighted by Gasteiger charge is -2.41. The summed E-state index contributed by atoms with van der Waals surface area (Å²) in [5.74, 6) is -0.348. The van der Waals surface area contributed by atoms with Gasteiger partial charge in [-0.3, -0.25) is 14.5 Å². The average Bonchev–Trinajstić information content (AvgIpc) is 3.07. The first-order chi connectivity index (χ1) is 14.7. The lowest BCUT2D eigenvalue weighted by molar-refractivity contribution is -0.138. The second-order valence-corrected chi connectivity index (χ2v) is 9.71. The van der Waals surface area contributed by atoms with Crippen LogP contribution >= 0.6 is 11.8 Å². The summed E-state index contributed by atoms with van der Waals surface area (Å²) in [6, 6.07) is 17.9. The number of rotatable bonds is 6. The molecule has 6 nitrogen and oxygen atoms in total. The standard InChI is InChI=1S/C24H28N2O4S/c1-24(2,3)26(23(29)30)19(16-17-10-6-4-7-11-17)21(28)25-15-14-20(27)22(25)31-18-12-8-5-9-13-18/h4-13,19,22H,14-16H2,1-3H3,(H,29,30)/t19-,22+/m0/s1. The van der Waals surface area contributed by atoms with Gasteiger partial charge in [0.25, 0.3) is 0 Å². The van der Waals surface area contributed by atoms with E-state index in [1.807, 2.05) is 60.7 Å². The van der Waals surface area contributed by atoms with Gasteiger partial charge in [-0.2, -0.15) is 0 Å². The van der Waals surface area contributed by atoms with Gasteiger partial charge in [0.1, 0.15) is 11.4 Å². The second kappa shape index (κ2) is 9.56. The summed E-state index contributed by atoms with van der Waals surface area (Å²) in [4.78, 5) is 42.3. The first kappa shape index (κ1) is 22.9. The highest BCUT2D eigenvalue weighted by Crippen LogP contribution is 2.33. The number of nitrogens with zero attached hydrogens (tertiary/aromatic N) is 2. The van der Waals surface area contributed by atoms with Crippen molar-refractivity contribution in [3.63, 3.8) is 0 Å². The van der Waals surface area contributed by atoms with Gasteiger partial charge < -0.3 is 10.0 Å².